The fourth-order valence-corrected chi connectivity index (χ4v) is 3.07. The molecule has 0 aliphatic rings. The van der Waals surface area contributed by atoms with Crippen LogP contribution in [0, 0.1) is 0 Å². The standard InChI is InChI=1S/C15H12BrCl2NOS/c1-9(21-12-5-2-10(16)3-6-12)15(20)19-14-8-11(17)4-7-13(14)18/h2-9H,1H3,(H,19,20)/t9-/m1/s1. The first-order valence-corrected chi connectivity index (χ1v) is 8.56. The summed E-state index contributed by atoms with van der Waals surface area (Å²) in [7, 11) is 0. The van der Waals surface area contributed by atoms with Gasteiger partial charge in [0.25, 0.3) is 0 Å². The Balaban J connectivity index is 2.02. The minimum Gasteiger partial charge on any atom is -0.324 e. The Hall–Kier alpha value is -0.680. The summed E-state index contributed by atoms with van der Waals surface area (Å²) >= 11 is 16.8. The van der Waals surface area contributed by atoms with E-state index in [0.29, 0.717) is 15.7 Å². The van der Waals surface area contributed by atoms with Crippen molar-refractivity contribution in [3.8, 4) is 0 Å². The van der Waals surface area contributed by atoms with Gasteiger partial charge in [-0.3, -0.25) is 4.79 Å². The van der Waals surface area contributed by atoms with Crippen LogP contribution in [-0.4, -0.2) is 11.2 Å². The lowest BCUT2D eigenvalue weighted by atomic mass is 10.3. The number of nitrogens with one attached hydrogen (secondary N) is 1. The van der Waals surface area contributed by atoms with Gasteiger partial charge in [-0.15, -0.1) is 11.8 Å². The van der Waals surface area contributed by atoms with Crippen LogP contribution in [-0.2, 0) is 4.79 Å². The molecule has 0 unspecified atom stereocenters. The van der Waals surface area contributed by atoms with E-state index in [0.717, 1.165) is 9.37 Å². The lowest BCUT2D eigenvalue weighted by molar-refractivity contribution is -0.115. The predicted molar refractivity (Wildman–Crippen MR) is 94.6 cm³/mol. The summed E-state index contributed by atoms with van der Waals surface area (Å²) in [6, 6.07) is 12.8. The molecule has 0 spiro atoms. The molecule has 0 heterocycles. The molecule has 0 bridgehead atoms. The van der Waals surface area contributed by atoms with Crippen molar-refractivity contribution in [3.63, 3.8) is 0 Å². The van der Waals surface area contributed by atoms with Crippen LogP contribution in [0.1, 0.15) is 6.92 Å². The Bertz CT molecular complexity index is 649. The molecule has 21 heavy (non-hydrogen) atoms. The second-order valence-electron chi connectivity index (χ2n) is 4.33. The number of amides is 1. The highest BCUT2D eigenvalue weighted by Crippen LogP contribution is 2.28. The van der Waals surface area contributed by atoms with Crippen molar-refractivity contribution >= 4 is 62.5 Å². The first-order valence-electron chi connectivity index (χ1n) is 6.14. The predicted octanol–water partition coefficient (Wildman–Crippen LogP) is 5.88. The highest BCUT2D eigenvalue weighted by atomic mass is 79.9. The molecule has 110 valence electrons. The smallest absolute Gasteiger partial charge is 0.237 e. The van der Waals surface area contributed by atoms with Gasteiger partial charge in [0, 0.05) is 14.4 Å². The quantitative estimate of drug-likeness (QED) is 0.645. The highest BCUT2D eigenvalue weighted by Gasteiger charge is 2.16. The van der Waals surface area contributed by atoms with Gasteiger partial charge in [0.1, 0.15) is 0 Å². The van der Waals surface area contributed by atoms with Gasteiger partial charge in [-0.25, -0.2) is 0 Å². The van der Waals surface area contributed by atoms with Gasteiger partial charge in [-0.05, 0) is 49.4 Å². The number of thioether (sulfide) groups is 1. The van der Waals surface area contributed by atoms with Crippen LogP contribution in [0.15, 0.2) is 51.8 Å². The largest absolute Gasteiger partial charge is 0.324 e. The molecule has 2 aromatic rings. The summed E-state index contributed by atoms with van der Waals surface area (Å²) in [5.41, 5.74) is 0.525. The van der Waals surface area contributed by atoms with Crippen LogP contribution in [0.25, 0.3) is 0 Å². The first kappa shape index (κ1) is 16.7. The van der Waals surface area contributed by atoms with E-state index in [1.54, 1.807) is 18.2 Å². The van der Waals surface area contributed by atoms with Crippen molar-refractivity contribution in [2.24, 2.45) is 0 Å². The van der Waals surface area contributed by atoms with E-state index in [-0.39, 0.29) is 11.2 Å². The van der Waals surface area contributed by atoms with E-state index in [9.17, 15) is 4.79 Å². The van der Waals surface area contributed by atoms with E-state index >= 15 is 0 Å². The molecule has 0 aliphatic heterocycles. The number of hydrogen-bond donors (Lipinski definition) is 1. The number of rotatable bonds is 4. The minimum absolute atomic E-state index is 0.118. The molecular weight excluding hydrogens is 393 g/mol. The molecule has 1 amide bonds. The maximum Gasteiger partial charge on any atom is 0.237 e. The zero-order valence-electron chi connectivity index (χ0n) is 11.1. The summed E-state index contributed by atoms with van der Waals surface area (Å²) < 4.78 is 1.01. The third-order valence-electron chi connectivity index (χ3n) is 2.68. The Morgan fingerprint density at radius 1 is 1.19 bits per heavy atom. The minimum atomic E-state index is -0.249. The third-order valence-corrected chi connectivity index (χ3v) is 4.89. The first-order chi connectivity index (χ1) is 9.95. The molecule has 0 aliphatic carbocycles. The molecule has 0 radical (unpaired) electrons. The maximum absolute atomic E-state index is 12.2. The Kier molecular flexibility index (Phi) is 5.99. The average Bonchev–Trinajstić information content (AvgIpc) is 2.45. The number of carbonyl (C=O) groups excluding carboxylic acids is 1. The molecule has 0 saturated heterocycles. The number of hydrogen-bond acceptors (Lipinski definition) is 2. The number of anilines is 1. The maximum atomic E-state index is 12.2. The Labute approximate surface area is 146 Å². The molecule has 0 fully saturated rings. The second kappa shape index (κ2) is 7.54. The van der Waals surface area contributed by atoms with E-state index in [2.05, 4.69) is 21.2 Å². The Morgan fingerprint density at radius 2 is 1.86 bits per heavy atom. The van der Waals surface area contributed by atoms with Gasteiger partial charge in [0.15, 0.2) is 0 Å². The molecule has 2 nitrogen and oxygen atoms in total. The summed E-state index contributed by atoms with van der Waals surface area (Å²) in [6.45, 7) is 1.85. The monoisotopic (exact) mass is 403 g/mol. The van der Waals surface area contributed by atoms with Crippen molar-refractivity contribution in [3.05, 3.63) is 57.0 Å². The SMILES string of the molecule is C[C@@H](Sc1ccc(Br)cc1)C(=O)Nc1cc(Cl)ccc1Cl. The number of halogens is 3. The average molecular weight is 405 g/mol. The molecule has 0 saturated carbocycles. The number of carbonyl (C=O) groups is 1. The van der Waals surface area contributed by atoms with Gasteiger partial charge < -0.3 is 5.32 Å². The second-order valence-corrected chi connectivity index (χ2v) is 7.50. The summed E-state index contributed by atoms with van der Waals surface area (Å²) in [6.07, 6.45) is 0. The molecule has 6 heteroatoms. The van der Waals surface area contributed by atoms with Crippen LogP contribution in [0.5, 0.6) is 0 Å². The van der Waals surface area contributed by atoms with Gasteiger partial charge in [0.2, 0.25) is 5.91 Å². The van der Waals surface area contributed by atoms with Gasteiger partial charge >= 0.3 is 0 Å². The molecule has 2 rings (SSSR count). The van der Waals surface area contributed by atoms with Crippen molar-refractivity contribution in [2.45, 2.75) is 17.1 Å². The zero-order valence-corrected chi connectivity index (χ0v) is 15.0. The normalized spacial score (nSPS) is 12.0. The van der Waals surface area contributed by atoms with E-state index in [1.807, 2.05) is 31.2 Å². The van der Waals surface area contributed by atoms with Gasteiger partial charge in [-0.2, -0.15) is 0 Å². The van der Waals surface area contributed by atoms with E-state index in [4.69, 9.17) is 23.2 Å². The fourth-order valence-electron chi connectivity index (χ4n) is 1.60. The van der Waals surface area contributed by atoms with Crippen LogP contribution in [0.2, 0.25) is 10.0 Å². The van der Waals surface area contributed by atoms with Crippen LogP contribution in [0.4, 0.5) is 5.69 Å². The van der Waals surface area contributed by atoms with Gasteiger partial charge in [-0.1, -0.05) is 39.1 Å². The molecule has 1 N–H and O–H groups in total. The molecule has 0 aromatic heterocycles. The topological polar surface area (TPSA) is 29.1 Å². The summed E-state index contributed by atoms with van der Waals surface area (Å²) in [5.74, 6) is -0.118. The van der Waals surface area contributed by atoms with Gasteiger partial charge in [0.05, 0.1) is 16.0 Å². The van der Waals surface area contributed by atoms with Crippen LogP contribution in [0.3, 0.4) is 0 Å². The summed E-state index contributed by atoms with van der Waals surface area (Å²) in [5, 5.41) is 3.54. The van der Waals surface area contributed by atoms with E-state index < -0.39 is 0 Å². The van der Waals surface area contributed by atoms with Crippen LogP contribution >= 0.6 is 50.9 Å². The lowest BCUT2D eigenvalue weighted by Crippen LogP contribution is -2.22. The van der Waals surface area contributed by atoms with Crippen molar-refractivity contribution in [2.75, 3.05) is 5.32 Å². The molecular formula is C15H12BrCl2NOS. The molecule has 2 aromatic carbocycles. The number of benzene rings is 2. The summed E-state index contributed by atoms with van der Waals surface area (Å²) in [4.78, 5) is 13.2. The van der Waals surface area contributed by atoms with Crippen molar-refractivity contribution < 1.29 is 4.79 Å². The fraction of sp³-hybridized carbons (Fsp3) is 0.133. The van der Waals surface area contributed by atoms with Crippen LogP contribution < -0.4 is 5.32 Å². The third kappa shape index (κ3) is 4.92. The highest BCUT2D eigenvalue weighted by molar-refractivity contribution is 9.10. The molecule has 1 atom stereocenters. The van der Waals surface area contributed by atoms with Crippen molar-refractivity contribution in [1.29, 1.82) is 0 Å². The lowest BCUT2D eigenvalue weighted by Gasteiger charge is -2.13. The van der Waals surface area contributed by atoms with Crippen molar-refractivity contribution in [1.82, 2.24) is 0 Å². The zero-order chi connectivity index (χ0) is 15.4. The Morgan fingerprint density at radius 3 is 2.52 bits per heavy atom. The van der Waals surface area contributed by atoms with E-state index in [1.165, 1.54) is 11.8 Å².